The number of aromatic hydroxyl groups is 1. The van der Waals surface area contributed by atoms with E-state index in [0.717, 1.165) is 16.7 Å². The maximum absolute atomic E-state index is 11.7. The molecule has 2 rings (SSSR count). The van der Waals surface area contributed by atoms with E-state index in [9.17, 15) is 15.0 Å². The molecule has 0 saturated heterocycles. The summed E-state index contributed by atoms with van der Waals surface area (Å²) < 4.78 is 0. The summed E-state index contributed by atoms with van der Waals surface area (Å²) >= 11 is 0. The van der Waals surface area contributed by atoms with Crippen molar-refractivity contribution in [3.05, 3.63) is 71.3 Å². The van der Waals surface area contributed by atoms with Crippen LogP contribution in [-0.2, 0) is 4.79 Å². The number of rotatable bonds is 5. The van der Waals surface area contributed by atoms with E-state index in [0.29, 0.717) is 0 Å². The molecule has 2 aromatic carbocycles. The average molecular weight is 297 g/mol. The maximum atomic E-state index is 11.7. The summed E-state index contributed by atoms with van der Waals surface area (Å²) in [4.78, 5) is 11.7. The molecule has 0 fully saturated rings. The number of carbonyl (C=O) groups is 1. The summed E-state index contributed by atoms with van der Waals surface area (Å²) in [5.74, 6) is -0.0953. The largest absolute Gasteiger partial charge is 0.508 e. The minimum atomic E-state index is -0.730. The molecule has 22 heavy (non-hydrogen) atoms. The van der Waals surface area contributed by atoms with E-state index in [1.54, 1.807) is 30.3 Å². The number of aryl methyl sites for hydroxylation is 1. The highest BCUT2D eigenvalue weighted by Gasteiger charge is 2.07. The minimum Gasteiger partial charge on any atom is -0.508 e. The summed E-state index contributed by atoms with van der Waals surface area (Å²) in [7, 11) is 0. The van der Waals surface area contributed by atoms with Crippen molar-refractivity contribution >= 4 is 12.0 Å². The number of hydrogen-bond acceptors (Lipinski definition) is 3. The zero-order valence-corrected chi connectivity index (χ0v) is 12.4. The molecule has 1 unspecified atom stereocenters. The van der Waals surface area contributed by atoms with Crippen LogP contribution in [0.2, 0.25) is 0 Å². The molecule has 2 aromatic rings. The second-order valence-electron chi connectivity index (χ2n) is 5.10. The van der Waals surface area contributed by atoms with Crippen molar-refractivity contribution in [2.24, 2.45) is 0 Å². The molecule has 0 aliphatic carbocycles. The van der Waals surface area contributed by atoms with E-state index >= 15 is 0 Å². The van der Waals surface area contributed by atoms with E-state index in [2.05, 4.69) is 5.32 Å². The van der Waals surface area contributed by atoms with Crippen LogP contribution in [0.4, 0.5) is 0 Å². The Kier molecular flexibility index (Phi) is 5.33. The van der Waals surface area contributed by atoms with Gasteiger partial charge in [-0.15, -0.1) is 0 Å². The molecule has 0 spiro atoms. The highest BCUT2D eigenvalue weighted by molar-refractivity contribution is 5.91. The number of nitrogens with one attached hydrogen (secondary N) is 1. The Morgan fingerprint density at radius 1 is 1.14 bits per heavy atom. The van der Waals surface area contributed by atoms with E-state index < -0.39 is 6.10 Å². The SMILES string of the molecule is Cc1ccc(C(O)CNC(=O)/C=C/c2ccc(O)cc2)cc1. The third kappa shape index (κ3) is 4.75. The van der Waals surface area contributed by atoms with Crippen LogP contribution in [-0.4, -0.2) is 22.7 Å². The number of carbonyl (C=O) groups excluding carboxylic acids is 1. The quantitative estimate of drug-likeness (QED) is 0.743. The molecule has 0 aliphatic heterocycles. The van der Waals surface area contributed by atoms with Gasteiger partial charge in [0, 0.05) is 12.6 Å². The van der Waals surface area contributed by atoms with Gasteiger partial charge in [0.15, 0.2) is 0 Å². The smallest absolute Gasteiger partial charge is 0.244 e. The van der Waals surface area contributed by atoms with Crippen LogP contribution in [0.1, 0.15) is 22.8 Å². The third-order valence-corrected chi connectivity index (χ3v) is 3.25. The Morgan fingerprint density at radius 3 is 2.41 bits per heavy atom. The molecule has 1 amide bonds. The lowest BCUT2D eigenvalue weighted by molar-refractivity contribution is -0.116. The van der Waals surface area contributed by atoms with Gasteiger partial charge in [-0.3, -0.25) is 4.79 Å². The zero-order valence-electron chi connectivity index (χ0n) is 12.4. The highest BCUT2D eigenvalue weighted by Crippen LogP contribution is 2.13. The Hall–Kier alpha value is -2.59. The van der Waals surface area contributed by atoms with Gasteiger partial charge >= 0.3 is 0 Å². The van der Waals surface area contributed by atoms with Crippen LogP contribution in [0.5, 0.6) is 5.75 Å². The molecular weight excluding hydrogens is 278 g/mol. The zero-order chi connectivity index (χ0) is 15.9. The fraction of sp³-hybridized carbons (Fsp3) is 0.167. The topological polar surface area (TPSA) is 69.6 Å². The van der Waals surface area contributed by atoms with Gasteiger partial charge in [-0.25, -0.2) is 0 Å². The molecule has 4 nitrogen and oxygen atoms in total. The van der Waals surface area contributed by atoms with Gasteiger partial charge < -0.3 is 15.5 Å². The second-order valence-corrected chi connectivity index (χ2v) is 5.10. The van der Waals surface area contributed by atoms with E-state index in [4.69, 9.17) is 0 Å². The number of aliphatic hydroxyl groups is 1. The normalized spacial score (nSPS) is 12.3. The fourth-order valence-corrected chi connectivity index (χ4v) is 1.92. The Morgan fingerprint density at radius 2 is 1.77 bits per heavy atom. The lowest BCUT2D eigenvalue weighted by atomic mass is 10.1. The molecule has 0 radical (unpaired) electrons. The molecule has 0 bridgehead atoms. The summed E-state index contributed by atoms with van der Waals surface area (Å²) in [6, 6.07) is 14.1. The monoisotopic (exact) mass is 297 g/mol. The van der Waals surface area contributed by atoms with Crippen molar-refractivity contribution in [3.63, 3.8) is 0 Å². The van der Waals surface area contributed by atoms with Crippen LogP contribution in [0.25, 0.3) is 6.08 Å². The summed E-state index contributed by atoms with van der Waals surface area (Å²) in [5, 5.41) is 21.8. The van der Waals surface area contributed by atoms with Crippen molar-refractivity contribution in [2.75, 3.05) is 6.54 Å². The first kappa shape index (κ1) is 15.8. The number of benzene rings is 2. The molecule has 1 atom stereocenters. The van der Waals surface area contributed by atoms with Gasteiger partial charge in [-0.2, -0.15) is 0 Å². The van der Waals surface area contributed by atoms with Crippen LogP contribution in [0.3, 0.4) is 0 Å². The molecule has 0 aliphatic rings. The van der Waals surface area contributed by atoms with Gasteiger partial charge in [0.05, 0.1) is 6.10 Å². The average Bonchev–Trinajstić information content (AvgIpc) is 2.52. The molecular formula is C18H19NO3. The number of aliphatic hydroxyl groups excluding tert-OH is 1. The number of phenols is 1. The molecule has 3 N–H and O–H groups in total. The minimum absolute atomic E-state index is 0.155. The predicted molar refractivity (Wildman–Crippen MR) is 86.3 cm³/mol. The van der Waals surface area contributed by atoms with Crippen LogP contribution < -0.4 is 5.32 Å². The van der Waals surface area contributed by atoms with Gasteiger partial charge in [0.25, 0.3) is 0 Å². The van der Waals surface area contributed by atoms with Gasteiger partial charge in [-0.05, 0) is 36.3 Å². The lowest BCUT2D eigenvalue weighted by Gasteiger charge is -2.11. The second kappa shape index (κ2) is 7.43. The molecule has 4 heteroatoms. The Bertz CT molecular complexity index is 645. The van der Waals surface area contributed by atoms with Crippen molar-refractivity contribution in [1.82, 2.24) is 5.32 Å². The first-order valence-corrected chi connectivity index (χ1v) is 7.04. The standard InChI is InChI=1S/C18H19NO3/c1-13-2-7-15(8-3-13)17(21)12-19-18(22)11-6-14-4-9-16(20)10-5-14/h2-11,17,20-21H,12H2,1H3,(H,19,22)/b11-6+. The predicted octanol–water partition coefficient (Wildman–Crippen LogP) is 2.56. The summed E-state index contributed by atoms with van der Waals surface area (Å²) in [6.45, 7) is 2.13. The molecule has 0 aromatic heterocycles. The maximum Gasteiger partial charge on any atom is 0.244 e. The van der Waals surface area contributed by atoms with Gasteiger partial charge in [0.1, 0.15) is 5.75 Å². The molecule has 114 valence electrons. The van der Waals surface area contributed by atoms with E-state index in [1.165, 1.54) is 6.08 Å². The first-order chi connectivity index (χ1) is 10.5. The van der Waals surface area contributed by atoms with E-state index in [1.807, 2.05) is 31.2 Å². The van der Waals surface area contributed by atoms with Crippen molar-refractivity contribution in [1.29, 1.82) is 0 Å². The van der Waals surface area contributed by atoms with Gasteiger partial charge in [-0.1, -0.05) is 42.0 Å². The summed E-state index contributed by atoms with van der Waals surface area (Å²) in [5.41, 5.74) is 2.71. The highest BCUT2D eigenvalue weighted by atomic mass is 16.3. The Balaban J connectivity index is 1.84. The fourth-order valence-electron chi connectivity index (χ4n) is 1.92. The van der Waals surface area contributed by atoms with E-state index in [-0.39, 0.29) is 18.2 Å². The van der Waals surface area contributed by atoms with Crippen LogP contribution in [0.15, 0.2) is 54.6 Å². The molecule has 0 heterocycles. The summed E-state index contributed by atoms with van der Waals surface area (Å²) in [6.07, 6.45) is 2.31. The van der Waals surface area contributed by atoms with Crippen LogP contribution >= 0.6 is 0 Å². The van der Waals surface area contributed by atoms with Crippen LogP contribution in [0, 0.1) is 6.92 Å². The first-order valence-electron chi connectivity index (χ1n) is 7.04. The lowest BCUT2D eigenvalue weighted by Crippen LogP contribution is -2.26. The van der Waals surface area contributed by atoms with Crippen molar-refractivity contribution in [2.45, 2.75) is 13.0 Å². The number of amides is 1. The Labute approximate surface area is 129 Å². The number of hydrogen-bond donors (Lipinski definition) is 3. The van der Waals surface area contributed by atoms with Crippen molar-refractivity contribution in [3.8, 4) is 5.75 Å². The third-order valence-electron chi connectivity index (χ3n) is 3.25. The number of phenolic OH excluding ortho intramolecular Hbond substituents is 1. The van der Waals surface area contributed by atoms with Crippen molar-refractivity contribution < 1.29 is 15.0 Å². The van der Waals surface area contributed by atoms with Gasteiger partial charge in [0.2, 0.25) is 5.91 Å². The molecule has 0 saturated carbocycles.